The normalized spacial score (nSPS) is 19.1. The molecule has 0 saturated carbocycles. The standard InChI is InChI=1S/C16H26N2/c1-16(2,3)15(17)12-18-10-8-13-6-4-5-7-14(13)9-11-18/h4-7,15H,8-12,17H2,1-3H3. The fraction of sp³-hybridized carbons (Fsp3) is 0.625. The zero-order valence-electron chi connectivity index (χ0n) is 11.9. The van der Waals surface area contributed by atoms with Crippen LogP contribution in [-0.2, 0) is 12.8 Å². The fourth-order valence-electron chi connectivity index (χ4n) is 2.45. The Labute approximate surface area is 111 Å². The van der Waals surface area contributed by atoms with Gasteiger partial charge in [-0.25, -0.2) is 0 Å². The molecule has 0 fully saturated rings. The van der Waals surface area contributed by atoms with Gasteiger partial charge in [0.2, 0.25) is 0 Å². The number of rotatable bonds is 2. The Kier molecular flexibility index (Phi) is 4.08. The zero-order valence-corrected chi connectivity index (χ0v) is 11.9. The Morgan fingerprint density at radius 1 is 1.11 bits per heavy atom. The van der Waals surface area contributed by atoms with Crippen LogP contribution in [-0.4, -0.2) is 30.6 Å². The van der Waals surface area contributed by atoms with Gasteiger partial charge in [-0.15, -0.1) is 0 Å². The molecule has 0 amide bonds. The van der Waals surface area contributed by atoms with Gasteiger partial charge in [-0.2, -0.15) is 0 Å². The lowest BCUT2D eigenvalue weighted by Gasteiger charge is -2.32. The molecular formula is C16H26N2. The Balaban J connectivity index is 1.96. The van der Waals surface area contributed by atoms with Crippen molar-refractivity contribution in [2.75, 3.05) is 19.6 Å². The maximum absolute atomic E-state index is 6.30. The summed E-state index contributed by atoms with van der Waals surface area (Å²) in [4.78, 5) is 2.52. The maximum Gasteiger partial charge on any atom is 0.0217 e. The molecule has 100 valence electrons. The van der Waals surface area contributed by atoms with Gasteiger partial charge < -0.3 is 10.6 Å². The molecule has 1 aliphatic heterocycles. The Morgan fingerprint density at radius 2 is 1.61 bits per heavy atom. The molecule has 1 unspecified atom stereocenters. The van der Waals surface area contributed by atoms with Gasteiger partial charge in [-0.1, -0.05) is 45.0 Å². The smallest absolute Gasteiger partial charge is 0.0217 e. The van der Waals surface area contributed by atoms with Crippen LogP contribution >= 0.6 is 0 Å². The third-order valence-corrected chi connectivity index (χ3v) is 4.08. The monoisotopic (exact) mass is 246 g/mol. The van der Waals surface area contributed by atoms with Crippen LogP contribution in [0.3, 0.4) is 0 Å². The third kappa shape index (κ3) is 3.33. The summed E-state index contributed by atoms with van der Waals surface area (Å²) < 4.78 is 0. The van der Waals surface area contributed by atoms with Crippen molar-refractivity contribution in [3.05, 3.63) is 35.4 Å². The van der Waals surface area contributed by atoms with Gasteiger partial charge >= 0.3 is 0 Å². The molecule has 1 atom stereocenters. The van der Waals surface area contributed by atoms with E-state index in [0.717, 1.165) is 32.5 Å². The average Bonchev–Trinajstić information content (AvgIpc) is 2.51. The number of fused-ring (bicyclic) bond motifs is 1. The summed E-state index contributed by atoms with van der Waals surface area (Å²) >= 11 is 0. The number of hydrogen-bond donors (Lipinski definition) is 1. The minimum absolute atomic E-state index is 0.194. The molecule has 0 aliphatic carbocycles. The van der Waals surface area contributed by atoms with Crippen molar-refractivity contribution in [3.8, 4) is 0 Å². The van der Waals surface area contributed by atoms with Crippen LogP contribution in [0.2, 0.25) is 0 Å². The van der Waals surface area contributed by atoms with E-state index >= 15 is 0 Å². The first-order chi connectivity index (χ1) is 8.47. The summed E-state index contributed by atoms with van der Waals surface area (Å²) in [6.45, 7) is 9.97. The molecule has 0 aromatic heterocycles. The minimum Gasteiger partial charge on any atom is -0.326 e. The lowest BCUT2D eigenvalue weighted by atomic mass is 9.87. The van der Waals surface area contributed by atoms with E-state index in [1.165, 1.54) is 11.1 Å². The second-order valence-corrected chi connectivity index (χ2v) is 6.54. The van der Waals surface area contributed by atoms with E-state index in [0.29, 0.717) is 0 Å². The van der Waals surface area contributed by atoms with E-state index in [-0.39, 0.29) is 11.5 Å². The summed E-state index contributed by atoms with van der Waals surface area (Å²) in [6, 6.07) is 9.08. The van der Waals surface area contributed by atoms with E-state index in [1.54, 1.807) is 0 Å². The highest BCUT2D eigenvalue weighted by atomic mass is 15.1. The molecule has 2 heteroatoms. The highest BCUT2D eigenvalue weighted by molar-refractivity contribution is 5.28. The molecule has 18 heavy (non-hydrogen) atoms. The molecule has 1 aliphatic rings. The van der Waals surface area contributed by atoms with Crippen molar-refractivity contribution in [1.29, 1.82) is 0 Å². The summed E-state index contributed by atoms with van der Waals surface area (Å²) in [5.74, 6) is 0. The predicted molar refractivity (Wildman–Crippen MR) is 77.7 cm³/mol. The summed E-state index contributed by atoms with van der Waals surface area (Å²) in [6.07, 6.45) is 2.32. The summed E-state index contributed by atoms with van der Waals surface area (Å²) in [5.41, 5.74) is 9.53. The summed E-state index contributed by atoms with van der Waals surface area (Å²) in [7, 11) is 0. The second kappa shape index (κ2) is 5.41. The lowest BCUT2D eigenvalue weighted by Crippen LogP contribution is -2.46. The van der Waals surface area contributed by atoms with Crippen molar-refractivity contribution in [3.63, 3.8) is 0 Å². The van der Waals surface area contributed by atoms with E-state index in [9.17, 15) is 0 Å². The second-order valence-electron chi connectivity index (χ2n) is 6.54. The molecule has 0 spiro atoms. The van der Waals surface area contributed by atoms with Crippen LogP contribution in [0.4, 0.5) is 0 Å². The van der Waals surface area contributed by atoms with Gasteiger partial charge in [0.05, 0.1) is 0 Å². The van der Waals surface area contributed by atoms with Crippen LogP contribution in [0.5, 0.6) is 0 Å². The first kappa shape index (κ1) is 13.6. The number of nitrogens with two attached hydrogens (primary N) is 1. The van der Waals surface area contributed by atoms with Gasteiger partial charge in [-0.3, -0.25) is 0 Å². The van der Waals surface area contributed by atoms with Crippen molar-refractivity contribution in [2.24, 2.45) is 11.1 Å². The van der Waals surface area contributed by atoms with Gasteiger partial charge in [0.15, 0.2) is 0 Å². The molecule has 2 nitrogen and oxygen atoms in total. The van der Waals surface area contributed by atoms with E-state index in [1.807, 2.05) is 0 Å². The average molecular weight is 246 g/mol. The van der Waals surface area contributed by atoms with Crippen LogP contribution in [0.25, 0.3) is 0 Å². The van der Waals surface area contributed by atoms with Gasteiger partial charge in [-0.05, 0) is 29.4 Å². The molecule has 0 saturated heterocycles. The molecular weight excluding hydrogens is 220 g/mol. The van der Waals surface area contributed by atoms with Crippen LogP contribution in [0.1, 0.15) is 31.9 Å². The van der Waals surface area contributed by atoms with E-state index in [2.05, 4.69) is 49.9 Å². The Bertz CT molecular complexity index is 365. The molecule has 0 radical (unpaired) electrons. The zero-order chi connectivity index (χ0) is 13.2. The first-order valence-corrected chi connectivity index (χ1v) is 7.01. The Morgan fingerprint density at radius 3 is 2.06 bits per heavy atom. The number of benzene rings is 1. The fourth-order valence-corrected chi connectivity index (χ4v) is 2.45. The highest BCUT2D eigenvalue weighted by Gasteiger charge is 2.23. The number of hydrogen-bond acceptors (Lipinski definition) is 2. The van der Waals surface area contributed by atoms with Crippen molar-refractivity contribution < 1.29 is 0 Å². The van der Waals surface area contributed by atoms with Crippen LogP contribution < -0.4 is 5.73 Å². The summed E-state index contributed by atoms with van der Waals surface area (Å²) in [5, 5.41) is 0. The largest absolute Gasteiger partial charge is 0.326 e. The minimum atomic E-state index is 0.194. The van der Waals surface area contributed by atoms with Gasteiger partial charge in [0.25, 0.3) is 0 Å². The third-order valence-electron chi connectivity index (χ3n) is 4.08. The van der Waals surface area contributed by atoms with Crippen molar-refractivity contribution >= 4 is 0 Å². The highest BCUT2D eigenvalue weighted by Crippen LogP contribution is 2.20. The number of nitrogens with zero attached hydrogens (tertiary/aromatic N) is 1. The quantitative estimate of drug-likeness (QED) is 0.868. The SMILES string of the molecule is CC(C)(C)C(N)CN1CCc2ccccc2CC1. The molecule has 0 bridgehead atoms. The Hall–Kier alpha value is -0.860. The van der Waals surface area contributed by atoms with Crippen LogP contribution in [0.15, 0.2) is 24.3 Å². The van der Waals surface area contributed by atoms with Crippen molar-refractivity contribution in [1.82, 2.24) is 4.90 Å². The predicted octanol–water partition coefficient (Wildman–Crippen LogP) is 2.46. The maximum atomic E-state index is 6.30. The molecule has 1 heterocycles. The topological polar surface area (TPSA) is 29.3 Å². The van der Waals surface area contributed by atoms with E-state index in [4.69, 9.17) is 5.73 Å². The van der Waals surface area contributed by atoms with Crippen LogP contribution in [0, 0.1) is 5.41 Å². The first-order valence-electron chi connectivity index (χ1n) is 7.01. The molecule has 2 rings (SSSR count). The van der Waals surface area contributed by atoms with E-state index < -0.39 is 0 Å². The molecule has 2 N–H and O–H groups in total. The van der Waals surface area contributed by atoms with Gasteiger partial charge in [0, 0.05) is 25.7 Å². The van der Waals surface area contributed by atoms with Crippen molar-refractivity contribution in [2.45, 2.75) is 39.7 Å². The lowest BCUT2D eigenvalue weighted by molar-refractivity contribution is 0.205. The molecule has 1 aromatic carbocycles. The molecule has 1 aromatic rings. The van der Waals surface area contributed by atoms with Gasteiger partial charge in [0.1, 0.15) is 0 Å².